The number of fused-ring (bicyclic) bond motifs is 2. The van der Waals surface area contributed by atoms with Crippen molar-refractivity contribution in [2.75, 3.05) is 52.9 Å². The molecule has 0 aliphatic carbocycles. The molecule has 0 spiro atoms. The van der Waals surface area contributed by atoms with Gasteiger partial charge in [-0.05, 0) is 49.2 Å². The van der Waals surface area contributed by atoms with Gasteiger partial charge in [-0.1, -0.05) is 12.1 Å². The summed E-state index contributed by atoms with van der Waals surface area (Å²) in [5.41, 5.74) is 1.49. The van der Waals surface area contributed by atoms with E-state index in [9.17, 15) is 10.2 Å². The van der Waals surface area contributed by atoms with E-state index in [1.807, 2.05) is 0 Å². The molecule has 0 amide bonds. The van der Waals surface area contributed by atoms with Crippen LogP contribution in [-0.4, -0.2) is 63.1 Å². The molecule has 176 valence electrons. The Morgan fingerprint density at radius 3 is 1.22 bits per heavy atom. The van der Waals surface area contributed by atoms with Gasteiger partial charge in [-0.15, -0.1) is 0 Å². The summed E-state index contributed by atoms with van der Waals surface area (Å²) < 4.78 is 34.5. The van der Waals surface area contributed by atoms with E-state index in [1.165, 1.54) is 0 Å². The molecule has 0 radical (unpaired) electrons. The number of hydrogen-bond donors (Lipinski definition) is 2. The van der Waals surface area contributed by atoms with Crippen molar-refractivity contribution in [2.24, 2.45) is 0 Å². The van der Waals surface area contributed by atoms with E-state index in [1.54, 1.807) is 50.2 Å². The molecule has 3 rings (SSSR count). The predicted octanol–water partition coefficient (Wildman–Crippen LogP) is 3.06. The van der Waals surface area contributed by atoms with E-state index < -0.39 is 12.2 Å². The van der Waals surface area contributed by atoms with Crippen LogP contribution >= 0.6 is 0 Å². The van der Waals surface area contributed by atoms with Gasteiger partial charge >= 0.3 is 0 Å². The second-order valence-corrected chi connectivity index (χ2v) is 7.38. The molecule has 2 aromatic rings. The molecule has 0 saturated carbocycles. The van der Waals surface area contributed by atoms with Crippen molar-refractivity contribution in [3.05, 3.63) is 47.5 Å². The first-order valence-electron chi connectivity index (χ1n) is 10.9. The first kappa shape index (κ1) is 24.1. The third-order valence-electron chi connectivity index (χ3n) is 4.84. The summed E-state index contributed by atoms with van der Waals surface area (Å²) >= 11 is 0. The lowest BCUT2D eigenvalue weighted by molar-refractivity contribution is 0.0638. The second kappa shape index (κ2) is 12.5. The Balaban J connectivity index is 1.63. The Bertz CT molecular complexity index is 767. The van der Waals surface area contributed by atoms with Crippen LogP contribution in [0.3, 0.4) is 0 Å². The minimum atomic E-state index is -0.603. The number of ether oxygens (including phenoxy) is 6. The summed E-state index contributed by atoms with van der Waals surface area (Å²) in [6, 6.07) is 10.7. The highest BCUT2D eigenvalue weighted by Crippen LogP contribution is 2.32. The molecule has 2 atom stereocenters. The molecule has 1 heterocycles. The van der Waals surface area contributed by atoms with Gasteiger partial charge in [0.2, 0.25) is 0 Å². The largest absolute Gasteiger partial charge is 0.487 e. The number of aliphatic hydroxyl groups is 2. The van der Waals surface area contributed by atoms with Gasteiger partial charge in [0, 0.05) is 0 Å². The first-order chi connectivity index (χ1) is 15.5. The fourth-order valence-electron chi connectivity index (χ4n) is 3.08. The van der Waals surface area contributed by atoms with Crippen molar-refractivity contribution in [3.63, 3.8) is 0 Å². The van der Waals surface area contributed by atoms with Crippen LogP contribution in [0.5, 0.6) is 23.0 Å². The summed E-state index contributed by atoms with van der Waals surface area (Å²) in [6.07, 6.45) is -1.21. The maximum Gasteiger partial charge on any atom is 0.161 e. The van der Waals surface area contributed by atoms with Crippen LogP contribution < -0.4 is 18.9 Å². The Labute approximate surface area is 188 Å². The molecule has 8 heteroatoms. The molecule has 32 heavy (non-hydrogen) atoms. The van der Waals surface area contributed by atoms with Gasteiger partial charge in [-0.25, -0.2) is 0 Å². The summed E-state index contributed by atoms with van der Waals surface area (Å²) in [6.45, 7) is 6.23. The highest BCUT2D eigenvalue weighted by atomic mass is 16.6. The van der Waals surface area contributed by atoms with Crippen LogP contribution in [0.1, 0.15) is 37.2 Å². The van der Waals surface area contributed by atoms with Gasteiger partial charge in [0.25, 0.3) is 0 Å². The molecular weight excluding hydrogens is 416 g/mol. The molecule has 0 aromatic heterocycles. The zero-order valence-electron chi connectivity index (χ0n) is 18.6. The van der Waals surface area contributed by atoms with Gasteiger partial charge in [0.15, 0.2) is 23.0 Å². The summed E-state index contributed by atoms with van der Waals surface area (Å²) in [4.78, 5) is 0. The maximum absolute atomic E-state index is 9.84. The molecule has 0 saturated heterocycles. The molecule has 0 bridgehead atoms. The Kier molecular flexibility index (Phi) is 9.43. The van der Waals surface area contributed by atoms with Gasteiger partial charge < -0.3 is 38.6 Å². The van der Waals surface area contributed by atoms with Gasteiger partial charge in [0.05, 0.1) is 38.6 Å². The number of rotatable bonds is 2. The average molecular weight is 449 g/mol. The molecule has 8 nitrogen and oxygen atoms in total. The van der Waals surface area contributed by atoms with E-state index in [0.717, 1.165) is 11.1 Å². The number of aliphatic hydroxyl groups excluding tert-OH is 2. The Hall–Kier alpha value is -2.52. The number of hydrogen-bond acceptors (Lipinski definition) is 8. The molecule has 2 aromatic carbocycles. The highest BCUT2D eigenvalue weighted by Gasteiger charge is 2.12. The normalized spacial score (nSPS) is 18.1. The van der Waals surface area contributed by atoms with E-state index in [-0.39, 0.29) is 0 Å². The van der Waals surface area contributed by atoms with Crippen molar-refractivity contribution >= 4 is 0 Å². The second-order valence-electron chi connectivity index (χ2n) is 7.38. The summed E-state index contributed by atoms with van der Waals surface area (Å²) in [5.74, 6) is 2.27. The zero-order valence-corrected chi connectivity index (χ0v) is 18.6. The van der Waals surface area contributed by atoms with Crippen molar-refractivity contribution in [3.8, 4) is 23.0 Å². The molecular formula is C24H32O8. The average Bonchev–Trinajstić information content (AvgIpc) is 2.78. The lowest BCUT2D eigenvalue weighted by atomic mass is 10.1. The van der Waals surface area contributed by atoms with Crippen LogP contribution in [-0.2, 0) is 9.47 Å². The van der Waals surface area contributed by atoms with Gasteiger partial charge in [-0.3, -0.25) is 0 Å². The third kappa shape index (κ3) is 7.27. The van der Waals surface area contributed by atoms with Crippen LogP contribution in [0.2, 0.25) is 0 Å². The monoisotopic (exact) mass is 448 g/mol. The molecule has 0 fully saturated rings. The molecule has 1 aliphatic rings. The quantitative estimate of drug-likeness (QED) is 0.724. The molecule has 2 N–H and O–H groups in total. The van der Waals surface area contributed by atoms with Crippen LogP contribution in [0.15, 0.2) is 36.4 Å². The van der Waals surface area contributed by atoms with Crippen molar-refractivity contribution in [1.29, 1.82) is 0 Å². The van der Waals surface area contributed by atoms with Crippen LogP contribution in [0.25, 0.3) is 0 Å². The van der Waals surface area contributed by atoms with E-state index in [0.29, 0.717) is 75.9 Å². The standard InChI is InChI=1S/C24H32O8/c1-17(25)19-3-5-21-23(15-19)31-13-9-27-8-12-30-22-6-4-20(18(2)26)16-24(22)32-14-10-28-7-11-29-21/h3-6,15-18,25-26H,7-14H2,1-2H3/t17-,18-/m1/s1. The topological polar surface area (TPSA) is 95.8 Å². The van der Waals surface area contributed by atoms with Crippen LogP contribution in [0.4, 0.5) is 0 Å². The SMILES string of the molecule is C[C@@H](O)c1ccc2c(c1)OCCOCCOc1ccc([C@@H](C)O)cc1OCCOCCO2. The zero-order chi connectivity index (χ0) is 22.8. The number of benzene rings is 2. The fourth-order valence-corrected chi connectivity index (χ4v) is 3.08. The third-order valence-corrected chi connectivity index (χ3v) is 4.84. The first-order valence-corrected chi connectivity index (χ1v) is 10.9. The van der Waals surface area contributed by atoms with Gasteiger partial charge in [-0.2, -0.15) is 0 Å². The van der Waals surface area contributed by atoms with Crippen molar-refractivity contribution in [1.82, 2.24) is 0 Å². The van der Waals surface area contributed by atoms with E-state index >= 15 is 0 Å². The van der Waals surface area contributed by atoms with Crippen LogP contribution in [0, 0.1) is 0 Å². The smallest absolute Gasteiger partial charge is 0.161 e. The maximum atomic E-state index is 9.84. The van der Waals surface area contributed by atoms with Gasteiger partial charge in [0.1, 0.15) is 26.4 Å². The minimum absolute atomic E-state index is 0.327. The van der Waals surface area contributed by atoms with Crippen molar-refractivity contribution < 1.29 is 38.6 Å². The van der Waals surface area contributed by atoms with Crippen molar-refractivity contribution in [2.45, 2.75) is 26.1 Å². The van der Waals surface area contributed by atoms with E-state index in [4.69, 9.17) is 28.4 Å². The lowest BCUT2D eigenvalue weighted by Gasteiger charge is -2.17. The minimum Gasteiger partial charge on any atom is -0.487 e. The Morgan fingerprint density at radius 1 is 0.531 bits per heavy atom. The molecule has 0 unspecified atom stereocenters. The lowest BCUT2D eigenvalue weighted by Crippen LogP contribution is -2.15. The predicted molar refractivity (Wildman–Crippen MR) is 118 cm³/mol. The Morgan fingerprint density at radius 2 is 0.875 bits per heavy atom. The summed E-state index contributed by atoms with van der Waals surface area (Å²) in [7, 11) is 0. The highest BCUT2D eigenvalue weighted by molar-refractivity contribution is 5.44. The summed E-state index contributed by atoms with van der Waals surface area (Å²) in [5, 5.41) is 19.7. The fraction of sp³-hybridized carbons (Fsp3) is 0.500. The van der Waals surface area contributed by atoms with E-state index in [2.05, 4.69) is 0 Å². The molecule has 1 aliphatic heterocycles.